The highest BCUT2D eigenvalue weighted by atomic mass is 16.5. The lowest BCUT2D eigenvalue weighted by molar-refractivity contribution is -0.124. The lowest BCUT2D eigenvalue weighted by Gasteiger charge is -2.24. The van der Waals surface area contributed by atoms with Crippen LogP contribution in [0.15, 0.2) is 18.2 Å². The third-order valence-corrected chi connectivity index (χ3v) is 4.36. The standard InChI is InChI=1S/C19H25N3O6/c1-20-17(24)15(7-4-9-23)22-18(25)13-5-3-6-14(16(13)19(22)26)21-8-10-28-12-11-27-2/h3,5-6,9,15,21H,4,7-8,10-12H2,1-2H3,(H,20,24). The number of methoxy groups -OCH3 is 1. The van der Waals surface area contributed by atoms with Crippen molar-refractivity contribution in [3.63, 3.8) is 0 Å². The Balaban J connectivity index is 2.17. The minimum absolute atomic E-state index is 0.0649. The van der Waals surface area contributed by atoms with E-state index >= 15 is 0 Å². The molecule has 2 N–H and O–H groups in total. The summed E-state index contributed by atoms with van der Waals surface area (Å²) in [5.41, 5.74) is 0.958. The van der Waals surface area contributed by atoms with Crippen LogP contribution in [-0.2, 0) is 19.1 Å². The van der Waals surface area contributed by atoms with Crippen LogP contribution in [0.25, 0.3) is 0 Å². The Morgan fingerprint density at radius 1 is 1.21 bits per heavy atom. The van der Waals surface area contributed by atoms with Gasteiger partial charge < -0.3 is 24.9 Å². The summed E-state index contributed by atoms with van der Waals surface area (Å²) in [5, 5.41) is 5.55. The van der Waals surface area contributed by atoms with E-state index < -0.39 is 23.8 Å². The van der Waals surface area contributed by atoms with Crippen LogP contribution in [0.4, 0.5) is 5.69 Å². The fourth-order valence-electron chi connectivity index (χ4n) is 3.01. The van der Waals surface area contributed by atoms with Gasteiger partial charge in [-0.15, -0.1) is 0 Å². The van der Waals surface area contributed by atoms with Crippen molar-refractivity contribution in [1.82, 2.24) is 10.2 Å². The number of ether oxygens (including phenoxy) is 2. The molecule has 1 heterocycles. The van der Waals surface area contributed by atoms with Gasteiger partial charge in [0.2, 0.25) is 5.91 Å². The average molecular weight is 391 g/mol. The molecule has 1 aromatic rings. The number of carbonyl (C=O) groups is 4. The van der Waals surface area contributed by atoms with Crippen LogP contribution in [0.2, 0.25) is 0 Å². The van der Waals surface area contributed by atoms with Gasteiger partial charge in [0, 0.05) is 32.8 Å². The van der Waals surface area contributed by atoms with E-state index in [2.05, 4.69) is 10.6 Å². The van der Waals surface area contributed by atoms with Gasteiger partial charge in [-0.1, -0.05) is 6.07 Å². The van der Waals surface area contributed by atoms with Crippen molar-refractivity contribution < 1.29 is 28.7 Å². The Morgan fingerprint density at radius 3 is 2.68 bits per heavy atom. The quantitative estimate of drug-likeness (QED) is 0.302. The molecule has 0 aromatic heterocycles. The predicted octanol–water partition coefficient (Wildman–Crippen LogP) is 0.451. The van der Waals surface area contributed by atoms with Gasteiger partial charge in [-0.05, 0) is 18.6 Å². The van der Waals surface area contributed by atoms with Gasteiger partial charge >= 0.3 is 0 Å². The van der Waals surface area contributed by atoms with E-state index in [1.54, 1.807) is 25.3 Å². The van der Waals surface area contributed by atoms with Gasteiger partial charge in [0.05, 0.1) is 30.9 Å². The summed E-state index contributed by atoms with van der Waals surface area (Å²) in [6.07, 6.45) is 0.796. The number of aldehydes is 1. The SMILES string of the molecule is CNC(=O)C(CCC=O)N1C(=O)c2cccc(NCCOCCOC)c2C1=O. The summed E-state index contributed by atoms with van der Waals surface area (Å²) in [6.45, 7) is 1.79. The van der Waals surface area contributed by atoms with Crippen molar-refractivity contribution in [2.45, 2.75) is 18.9 Å². The number of likely N-dealkylation sites (N-methyl/N-ethyl adjacent to an activating group) is 1. The Morgan fingerprint density at radius 2 is 2.00 bits per heavy atom. The molecule has 1 atom stereocenters. The summed E-state index contributed by atoms with van der Waals surface area (Å²) < 4.78 is 10.3. The number of hydrogen-bond donors (Lipinski definition) is 2. The first-order valence-electron chi connectivity index (χ1n) is 9.03. The monoisotopic (exact) mass is 391 g/mol. The zero-order chi connectivity index (χ0) is 20.5. The molecule has 1 aliphatic rings. The van der Waals surface area contributed by atoms with Crippen molar-refractivity contribution in [3.8, 4) is 0 Å². The summed E-state index contributed by atoms with van der Waals surface area (Å²) in [6, 6.07) is 3.88. The maximum atomic E-state index is 13.0. The second-order valence-electron chi connectivity index (χ2n) is 6.11. The third kappa shape index (κ3) is 4.73. The first kappa shape index (κ1) is 21.5. The molecule has 9 nitrogen and oxygen atoms in total. The van der Waals surface area contributed by atoms with Gasteiger partial charge in [-0.25, -0.2) is 0 Å². The van der Waals surface area contributed by atoms with Crippen molar-refractivity contribution in [1.29, 1.82) is 0 Å². The van der Waals surface area contributed by atoms with Crippen LogP contribution in [0.5, 0.6) is 0 Å². The lowest BCUT2D eigenvalue weighted by atomic mass is 10.1. The molecule has 0 aliphatic carbocycles. The summed E-state index contributed by atoms with van der Waals surface area (Å²) >= 11 is 0. The summed E-state index contributed by atoms with van der Waals surface area (Å²) in [4.78, 5) is 49.7. The molecule has 0 radical (unpaired) electrons. The number of hydrogen-bond acceptors (Lipinski definition) is 7. The normalized spacial score (nSPS) is 14.0. The van der Waals surface area contributed by atoms with Gasteiger partial charge in [-0.2, -0.15) is 0 Å². The number of anilines is 1. The average Bonchev–Trinajstić information content (AvgIpc) is 2.96. The number of benzene rings is 1. The Kier molecular flexibility index (Phi) is 8.09. The van der Waals surface area contributed by atoms with Crippen molar-refractivity contribution in [2.75, 3.05) is 45.8 Å². The Labute approximate surface area is 163 Å². The van der Waals surface area contributed by atoms with E-state index in [1.807, 2.05) is 0 Å². The Bertz CT molecular complexity index is 736. The van der Waals surface area contributed by atoms with E-state index in [0.717, 1.165) is 4.90 Å². The molecule has 0 spiro atoms. The number of carbonyl (C=O) groups excluding carboxylic acids is 4. The lowest BCUT2D eigenvalue weighted by Crippen LogP contribution is -2.48. The highest BCUT2D eigenvalue weighted by Crippen LogP contribution is 2.31. The molecule has 0 saturated heterocycles. The molecule has 28 heavy (non-hydrogen) atoms. The molecule has 152 valence electrons. The number of amides is 3. The number of nitrogens with zero attached hydrogens (tertiary/aromatic N) is 1. The highest BCUT2D eigenvalue weighted by molar-refractivity contribution is 6.25. The second-order valence-corrected chi connectivity index (χ2v) is 6.11. The molecule has 1 aliphatic heterocycles. The predicted molar refractivity (Wildman–Crippen MR) is 101 cm³/mol. The largest absolute Gasteiger partial charge is 0.382 e. The van der Waals surface area contributed by atoms with Crippen molar-refractivity contribution in [2.24, 2.45) is 0 Å². The Hall–Kier alpha value is -2.78. The zero-order valence-electron chi connectivity index (χ0n) is 16.0. The van der Waals surface area contributed by atoms with Crippen LogP contribution in [0.3, 0.4) is 0 Å². The molecule has 0 fully saturated rings. The van der Waals surface area contributed by atoms with Crippen LogP contribution in [0.1, 0.15) is 33.6 Å². The molecule has 3 amide bonds. The maximum Gasteiger partial charge on any atom is 0.264 e. The summed E-state index contributed by atoms with van der Waals surface area (Å²) in [5.74, 6) is -1.58. The minimum atomic E-state index is -1.03. The maximum absolute atomic E-state index is 13.0. The number of imide groups is 1. The van der Waals surface area contributed by atoms with E-state index in [-0.39, 0.29) is 24.0 Å². The molecular formula is C19H25N3O6. The topological polar surface area (TPSA) is 114 Å². The molecule has 1 unspecified atom stereocenters. The first-order chi connectivity index (χ1) is 13.6. The van der Waals surface area contributed by atoms with E-state index in [4.69, 9.17) is 9.47 Å². The molecule has 9 heteroatoms. The van der Waals surface area contributed by atoms with Gasteiger partial charge in [0.15, 0.2) is 0 Å². The van der Waals surface area contributed by atoms with Crippen molar-refractivity contribution in [3.05, 3.63) is 29.3 Å². The molecule has 2 rings (SSSR count). The zero-order valence-corrected chi connectivity index (χ0v) is 16.0. The number of nitrogens with one attached hydrogen (secondary N) is 2. The smallest absolute Gasteiger partial charge is 0.264 e. The van der Waals surface area contributed by atoms with Crippen LogP contribution < -0.4 is 10.6 Å². The van der Waals surface area contributed by atoms with Crippen molar-refractivity contribution >= 4 is 29.7 Å². The molecular weight excluding hydrogens is 366 g/mol. The van der Waals surface area contributed by atoms with Crippen LogP contribution >= 0.6 is 0 Å². The van der Waals surface area contributed by atoms with Gasteiger partial charge in [0.1, 0.15) is 12.3 Å². The second kappa shape index (κ2) is 10.5. The number of rotatable bonds is 12. The fraction of sp³-hybridized carbons (Fsp3) is 0.474. The molecule has 0 bridgehead atoms. The van der Waals surface area contributed by atoms with Crippen LogP contribution in [0, 0.1) is 0 Å². The number of fused-ring (bicyclic) bond motifs is 1. The van der Waals surface area contributed by atoms with E-state index in [0.29, 0.717) is 38.3 Å². The molecule has 0 saturated carbocycles. The minimum Gasteiger partial charge on any atom is -0.382 e. The first-order valence-corrected chi connectivity index (χ1v) is 9.03. The van der Waals surface area contributed by atoms with Gasteiger partial charge in [0.25, 0.3) is 11.8 Å². The third-order valence-electron chi connectivity index (χ3n) is 4.36. The fourth-order valence-corrected chi connectivity index (χ4v) is 3.01. The van der Waals surface area contributed by atoms with E-state index in [1.165, 1.54) is 7.05 Å². The van der Waals surface area contributed by atoms with Crippen LogP contribution in [-0.4, -0.2) is 75.5 Å². The highest BCUT2D eigenvalue weighted by Gasteiger charge is 2.43. The molecule has 1 aromatic carbocycles. The van der Waals surface area contributed by atoms with E-state index in [9.17, 15) is 19.2 Å². The summed E-state index contributed by atoms with van der Waals surface area (Å²) in [7, 11) is 3.01. The van der Waals surface area contributed by atoms with Gasteiger partial charge in [-0.3, -0.25) is 19.3 Å².